The van der Waals surface area contributed by atoms with Crippen LogP contribution in [-0.2, 0) is 18.9 Å². The maximum atomic E-state index is 6.30. The highest BCUT2D eigenvalue weighted by molar-refractivity contribution is 7.98. The molecule has 0 saturated heterocycles. The Labute approximate surface area is 194 Å². The van der Waals surface area contributed by atoms with Gasteiger partial charge in [-0.05, 0) is 25.1 Å². The van der Waals surface area contributed by atoms with Crippen LogP contribution in [0.4, 0.5) is 0 Å². The molecule has 0 aliphatic heterocycles. The topological polar surface area (TPSA) is 52.8 Å². The zero-order valence-corrected chi connectivity index (χ0v) is 19.4. The first-order valence-corrected chi connectivity index (χ1v) is 11.9. The molecular formula is C23H21ClN4OS2. The van der Waals surface area contributed by atoms with Crippen molar-refractivity contribution in [3.8, 4) is 16.3 Å². The number of ether oxygens (including phenoxy) is 1. The minimum atomic E-state index is 0.345. The SMILES string of the molecule is C=CCn1c(COc2ccc(C)cc2)nnc1SCc1csc(-c2ccccc2Cl)n1. The fourth-order valence-electron chi connectivity index (χ4n) is 2.90. The van der Waals surface area contributed by atoms with E-state index >= 15 is 0 Å². The maximum Gasteiger partial charge on any atom is 0.191 e. The van der Waals surface area contributed by atoms with Crippen LogP contribution in [0, 0.1) is 6.92 Å². The van der Waals surface area contributed by atoms with Crippen molar-refractivity contribution in [2.45, 2.75) is 31.0 Å². The maximum absolute atomic E-state index is 6.30. The van der Waals surface area contributed by atoms with E-state index in [2.05, 4.69) is 22.2 Å². The molecule has 0 fully saturated rings. The third kappa shape index (κ3) is 5.36. The van der Waals surface area contributed by atoms with E-state index in [-0.39, 0.29) is 0 Å². The average molecular weight is 469 g/mol. The van der Waals surface area contributed by atoms with Gasteiger partial charge in [0, 0.05) is 23.2 Å². The Morgan fingerprint density at radius 3 is 2.74 bits per heavy atom. The smallest absolute Gasteiger partial charge is 0.191 e. The second-order valence-electron chi connectivity index (χ2n) is 6.81. The van der Waals surface area contributed by atoms with Gasteiger partial charge in [-0.2, -0.15) is 0 Å². The summed E-state index contributed by atoms with van der Waals surface area (Å²) in [6.45, 7) is 6.87. The quantitative estimate of drug-likeness (QED) is 0.209. The lowest BCUT2D eigenvalue weighted by Gasteiger charge is -2.09. The van der Waals surface area contributed by atoms with Crippen molar-refractivity contribution in [3.05, 3.63) is 88.7 Å². The molecule has 0 aliphatic rings. The standard InChI is InChI=1S/C23H21ClN4OS2/c1-3-12-28-21(13-29-18-10-8-16(2)9-11-18)26-27-23(28)31-15-17-14-30-22(25-17)19-6-4-5-7-20(19)24/h3-11,14H,1,12-13,15H2,2H3. The summed E-state index contributed by atoms with van der Waals surface area (Å²) in [7, 11) is 0. The summed E-state index contributed by atoms with van der Waals surface area (Å²) in [5, 5.41) is 13.2. The van der Waals surface area contributed by atoms with Gasteiger partial charge in [0.2, 0.25) is 0 Å². The summed E-state index contributed by atoms with van der Waals surface area (Å²) in [4.78, 5) is 4.73. The van der Waals surface area contributed by atoms with Gasteiger partial charge in [-0.25, -0.2) is 4.98 Å². The van der Waals surface area contributed by atoms with Gasteiger partial charge in [-0.1, -0.05) is 65.3 Å². The van der Waals surface area contributed by atoms with Crippen molar-refractivity contribution in [1.29, 1.82) is 0 Å². The summed E-state index contributed by atoms with van der Waals surface area (Å²) >= 11 is 9.48. The van der Waals surface area contributed by atoms with Gasteiger partial charge in [-0.15, -0.1) is 28.1 Å². The highest BCUT2D eigenvalue weighted by Gasteiger charge is 2.14. The molecule has 2 aromatic carbocycles. The molecule has 0 unspecified atom stereocenters. The molecule has 0 spiro atoms. The van der Waals surface area contributed by atoms with E-state index in [4.69, 9.17) is 21.3 Å². The lowest BCUT2D eigenvalue weighted by Crippen LogP contribution is -2.07. The van der Waals surface area contributed by atoms with Crippen LogP contribution in [0.5, 0.6) is 5.75 Å². The number of thioether (sulfide) groups is 1. The lowest BCUT2D eigenvalue weighted by atomic mass is 10.2. The molecule has 0 N–H and O–H groups in total. The monoisotopic (exact) mass is 468 g/mol. The molecule has 0 atom stereocenters. The van der Waals surface area contributed by atoms with E-state index in [1.54, 1.807) is 23.1 Å². The van der Waals surface area contributed by atoms with Crippen LogP contribution >= 0.6 is 34.7 Å². The van der Waals surface area contributed by atoms with Crippen LogP contribution in [0.3, 0.4) is 0 Å². The van der Waals surface area contributed by atoms with E-state index in [0.717, 1.165) is 33.0 Å². The number of hydrogen-bond acceptors (Lipinski definition) is 6. The molecule has 5 nitrogen and oxygen atoms in total. The number of allylic oxidation sites excluding steroid dienone is 1. The van der Waals surface area contributed by atoms with E-state index in [1.807, 2.05) is 66.1 Å². The Bertz CT molecular complexity index is 1170. The summed E-state index contributed by atoms with van der Waals surface area (Å²) in [6.07, 6.45) is 1.83. The lowest BCUT2D eigenvalue weighted by molar-refractivity contribution is 0.289. The Kier molecular flexibility index (Phi) is 7.06. The second kappa shape index (κ2) is 10.1. The van der Waals surface area contributed by atoms with Crippen LogP contribution in [0.15, 0.2) is 71.7 Å². The molecule has 0 saturated carbocycles. The van der Waals surface area contributed by atoms with Gasteiger partial charge in [0.1, 0.15) is 17.4 Å². The molecule has 4 rings (SSSR count). The summed E-state index contributed by atoms with van der Waals surface area (Å²) < 4.78 is 7.90. The highest BCUT2D eigenvalue weighted by atomic mass is 35.5. The molecule has 2 aromatic heterocycles. The molecular weight excluding hydrogens is 448 g/mol. The normalized spacial score (nSPS) is 10.9. The Morgan fingerprint density at radius 1 is 1.16 bits per heavy atom. The van der Waals surface area contributed by atoms with Crippen LogP contribution in [0.2, 0.25) is 5.02 Å². The van der Waals surface area contributed by atoms with Crippen LogP contribution in [0.25, 0.3) is 10.6 Å². The molecule has 4 aromatic rings. The van der Waals surface area contributed by atoms with E-state index in [0.29, 0.717) is 23.9 Å². The Hall–Kier alpha value is -2.61. The fraction of sp³-hybridized carbons (Fsp3) is 0.174. The average Bonchev–Trinajstić information content (AvgIpc) is 3.40. The Morgan fingerprint density at radius 2 is 1.97 bits per heavy atom. The van der Waals surface area contributed by atoms with Gasteiger partial charge in [0.25, 0.3) is 0 Å². The molecule has 0 aliphatic carbocycles. The van der Waals surface area contributed by atoms with Gasteiger partial charge in [-0.3, -0.25) is 4.57 Å². The van der Waals surface area contributed by atoms with Gasteiger partial charge in [0.05, 0.1) is 10.7 Å². The predicted octanol–water partition coefficient (Wildman–Crippen LogP) is 6.42. The molecule has 158 valence electrons. The highest BCUT2D eigenvalue weighted by Crippen LogP contribution is 2.32. The molecule has 0 bridgehead atoms. The first-order chi connectivity index (χ1) is 15.1. The third-order valence-electron chi connectivity index (χ3n) is 4.50. The van der Waals surface area contributed by atoms with Gasteiger partial charge < -0.3 is 4.74 Å². The molecule has 2 heterocycles. The number of thiazole rings is 1. The number of rotatable bonds is 9. The van der Waals surface area contributed by atoms with Crippen molar-refractivity contribution in [2.75, 3.05) is 0 Å². The zero-order chi connectivity index (χ0) is 21.6. The van der Waals surface area contributed by atoms with Gasteiger partial charge >= 0.3 is 0 Å². The molecule has 0 amide bonds. The number of aromatic nitrogens is 4. The van der Waals surface area contributed by atoms with Crippen molar-refractivity contribution < 1.29 is 4.74 Å². The summed E-state index contributed by atoms with van der Waals surface area (Å²) in [5.74, 6) is 2.26. The van der Waals surface area contributed by atoms with Gasteiger partial charge in [0.15, 0.2) is 11.0 Å². The molecule has 8 heteroatoms. The minimum Gasteiger partial charge on any atom is -0.486 e. The van der Waals surface area contributed by atoms with Crippen LogP contribution < -0.4 is 4.74 Å². The van der Waals surface area contributed by atoms with E-state index < -0.39 is 0 Å². The van der Waals surface area contributed by atoms with Crippen LogP contribution in [-0.4, -0.2) is 19.7 Å². The van der Waals surface area contributed by atoms with Crippen molar-refractivity contribution in [3.63, 3.8) is 0 Å². The second-order valence-corrected chi connectivity index (χ2v) is 9.02. The fourth-order valence-corrected chi connectivity index (χ4v) is 5.00. The van der Waals surface area contributed by atoms with Crippen molar-refractivity contribution >= 4 is 34.7 Å². The summed E-state index contributed by atoms with van der Waals surface area (Å²) in [5.41, 5.74) is 3.13. The van der Waals surface area contributed by atoms with Crippen LogP contribution in [0.1, 0.15) is 17.1 Å². The zero-order valence-electron chi connectivity index (χ0n) is 17.0. The first kappa shape index (κ1) is 21.6. The van der Waals surface area contributed by atoms with Crippen molar-refractivity contribution in [1.82, 2.24) is 19.7 Å². The number of aryl methyl sites for hydroxylation is 1. The summed E-state index contributed by atoms with van der Waals surface area (Å²) in [6, 6.07) is 15.7. The number of halogens is 1. The molecule has 31 heavy (non-hydrogen) atoms. The third-order valence-corrected chi connectivity index (χ3v) is 6.75. The number of nitrogens with zero attached hydrogens (tertiary/aromatic N) is 4. The van der Waals surface area contributed by atoms with E-state index in [9.17, 15) is 0 Å². The minimum absolute atomic E-state index is 0.345. The van der Waals surface area contributed by atoms with E-state index in [1.165, 1.54) is 5.56 Å². The number of benzene rings is 2. The Balaban J connectivity index is 1.43. The predicted molar refractivity (Wildman–Crippen MR) is 128 cm³/mol. The van der Waals surface area contributed by atoms with Crippen molar-refractivity contribution in [2.24, 2.45) is 0 Å². The largest absolute Gasteiger partial charge is 0.486 e. The number of hydrogen-bond donors (Lipinski definition) is 0. The molecule has 0 radical (unpaired) electrons. The first-order valence-electron chi connectivity index (χ1n) is 9.68.